The van der Waals surface area contributed by atoms with Crippen LogP contribution < -0.4 is 11.1 Å². The minimum absolute atomic E-state index is 0.0366. The van der Waals surface area contributed by atoms with Gasteiger partial charge in [0.2, 0.25) is 0 Å². The third-order valence-corrected chi connectivity index (χ3v) is 5.82. The maximum atomic E-state index is 13.0. The summed E-state index contributed by atoms with van der Waals surface area (Å²) in [6, 6.07) is 11.0. The molecule has 9 nitrogen and oxygen atoms in total. The lowest BCUT2D eigenvalue weighted by Gasteiger charge is -2.43. The van der Waals surface area contributed by atoms with Gasteiger partial charge in [-0.1, -0.05) is 30.3 Å². The number of nitrogens with one attached hydrogen (secondary N) is 1. The number of nitrogens with two attached hydrogens (primary N) is 1. The van der Waals surface area contributed by atoms with E-state index in [0.29, 0.717) is 17.1 Å². The van der Waals surface area contributed by atoms with Gasteiger partial charge in [0, 0.05) is 23.7 Å². The van der Waals surface area contributed by atoms with Gasteiger partial charge in [0.05, 0.1) is 42.1 Å². The van der Waals surface area contributed by atoms with Gasteiger partial charge in [-0.05, 0) is 19.9 Å². The summed E-state index contributed by atoms with van der Waals surface area (Å²) in [5.74, 6) is -0.140. The quantitative estimate of drug-likeness (QED) is 0.489. The van der Waals surface area contributed by atoms with Crippen molar-refractivity contribution >= 4 is 17.3 Å². The molecule has 166 valence electrons. The van der Waals surface area contributed by atoms with E-state index in [4.69, 9.17) is 10.5 Å². The Hall–Kier alpha value is -3.40. The fraction of sp³-hybridized carbons (Fsp3) is 0.304. The predicted octanol–water partition coefficient (Wildman–Crippen LogP) is 2.33. The van der Waals surface area contributed by atoms with Crippen LogP contribution in [0.15, 0.2) is 55.0 Å². The number of carbonyl (C=O) groups is 1. The minimum Gasteiger partial charge on any atom is -0.396 e. The van der Waals surface area contributed by atoms with Crippen molar-refractivity contribution in [3.8, 4) is 11.4 Å². The van der Waals surface area contributed by atoms with E-state index in [1.165, 1.54) is 19.3 Å². The minimum atomic E-state index is -1.36. The normalized spacial score (nSPS) is 25.3. The van der Waals surface area contributed by atoms with Crippen molar-refractivity contribution < 1.29 is 19.7 Å². The number of nitrogen functional groups attached to an aromatic ring is 1. The molecular weight excluding hydrogens is 410 g/mol. The maximum Gasteiger partial charge on any atom is 0.276 e. The summed E-state index contributed by atoms with van der Waals surface area (Å²) in [4.78, 5) is 25.7. The van der Waals surface area contributed by atoms with E-state index in [2.05, 4.69) is 20.3 Å². The molecule has 0 aliphatic carbocycles. The number of rotatable bonds is 4. The van der Waals surface area contributed by atoms with Crippen molar-refractivity contribution in [2.75, 3.05) is 11.1 Å². The number of nitrogens with zero attached hydrogens (tertiary/aromatic N) is 3. The molecule has 0 radical (unpaired) electrons. The number of aliphatic hydroxyl groups is 2. The van der Waals surface area contributed by atoms with Crippen LogP contribution in [0.25, 0.3) is 11.4 Å². The number of carbonyl (C=O) groups excluding carboxylic acids is 1. The highest BCUT2D eigenvalue weighted by molar-refractivity contribution is 6.06. The van der Waals surface area contributed by atoms with Crippen LogP contribution >= 0.6 is 0 Å². The number of aliphatic hydroxyl groups excluding tert-OH is 1. The average molecular weight is 435 g/mol. The molecule has 1 fully saturated rings. The number of hydrogen-bond acceptors (Lipinski definition) is 8. The number of amides is 1. The first kappa shape index (κ1) is 21.8. The smallest absolute Gasteiger partial charge is 0.276 e. The molecule has 0 saturated carbocycles. The molecule has 1 aromatic carbocycles. The number of pyridine rings is 1. The molecule has 3 aromatic rings. The molecular formula is C23H25N5O4. The van der Waals surface area contributed by atoms with Crippen LogP contribution in [0.2, 0.25) is 0 Å². The van der Waals surface area contributed by atoms with Crippen molar-refractivity contribution in [3.05, 3.63) is 66.2 Å². The van der Waals surface area contributed by atoms with Crippen molar-refractivity contribution in [1.29, 1.82) is 0 Å². The lowest BCUT2D eigenvalue weighted by atomic mass is 9.84. The van der Waals surface area contributed by atoms with Gasteiger partial charge < -0.3 is 26.0 Å². The van der Waals surface area contributed by atoms with Gasteiger partial charge in [0.25, 0.3) is 5.91 Å². The van der Waals surface area contributed by atoms with Crippen molar-refractivity contribution in [3.63, 3.8) is 0 Å². The third-order valence-electron chi connectivity index (χ3n) is 5.82. The Morgan fingerprint density at radius 1 is 1.25 bits per heavy atom. The standard InChI is InChI=1S/C23H25N5O4/c1-13-23(2,31)19(29)10-18(32-13)15-8-9-25-12-17(15)27-22(30)20-16(24)11-26-21(28-20)14-6-4-3-5-7-14/h3-9,11-13,18-19,29,31H,10,24H2,1-2H3,(H,27,30)/t13-,18-,19-,23-/m1/s1. The zero-order valence-corrected chi connectivity index (χ0v) is 17.8. The highest BCUT2D eigenvalue weighted by Gasteiger charge is 2.44. The van der Waals surface area contributed by atoms with E-state index in [1.807, 2.05) is 30.3 Å². The van der Waals surface area contributed by atoms with Crippen molar-refractivity contribution in [2.45, 2.75) is 44.2 Å². The SMILES string of the molecule is C[C@H]1O[C@@H](c2ccncc2NC(=O)c2nc(-c3ccccc3)ncc2N)C[C@@H](O)[C@]1(C)O. The molecule has 1 aliphatic rings. The van der Waals surface area contributed by atoms with Crippen LogP contribution in [-0.4, -0.2) is 48.9 Å². The van der Waals surface area contributed by atoms with Gasteiger partial charge >= 0.3 is 0 Å². The Kier molecular flexibility index (Phi) is 5.88. The van der Waals surface area contributed by atoms with Crippen molar-refractivity contribution in [1.82, 2.24) is 15.0 Å². The third kappa shape index (κ3) is 4.18. The summed E-state index contributed by atoms with van der Waals surface area (Å²) < 4.78 is 5.95. The first-order chi connectivity index (χ1) is 15.3. The number of hydrogen-bond donors (Lipinski definition) is 4. The molecule has 5 N–H and O–H groups in total. The van der Waals surface area contributed by atoms with Crippen LogP contribution in [0.1, 0.15) is 42.4 Å². The number of ether oxygens (including phenoxy) is 1. The summed E-state index contributed by atoms with van der Waals surface area (Å²) in [5, 5.41) is 23.6. The van der Waals surface area contributed by atoms with E-state index in [0.717, 1.165) is 5.56 Å². The van der Waals surface area contributed by atoms with Gasteiger partial charge in [0.15, 0.2) is 11.5 Å². The van der Waals surface area contributed by atoms with Crippen LogP contribution in [0, 0.1) is 0 Å². The summed E-state index contributed by atoms with van der Waals surface area (Å²) in [7, 11) is 0. The van der Waals surface area contributed by atoms with E-state index < -0.39 is 29.8 Å². The molecule has 9 heteroatoms. The van der Waals surface area contributed by atoms with Gasteiger partial charge in [0.1, 0.15) is 5.60 Å². The van der Waals surface area contributed by atoms with E-state index in [1.54, 1.807) is 19.2 Å². The van der Waals surface area contributed by atoms with E-state index >= 15 is 0 Å². The lowest BCUT2D eigenvalue weighted by Crippen LogP contribution is -2.54. The molecule has 1 saturated heterocycles. The molecule has 4 atom stereocenters. The maximum absolute atomic E-state index is 13.0. The second kappa shape index (κ2) is 8.62. The Morgan fingerprint density at radius 2 is 2.00 bits per heavy atom. The number of benzene rings is 1. The number of anilines is 2. The highest BCUT2D eigenvalue weighted by atomic mass is 16.5. The largest absolute Gasteiger partial charge is 0.396 e. The van der Waals surface area contributed by atoms with Gasteiger partial charge in [-0.3, -0.25) is 9.78 Å². The Bertz CT molecular complexity index is 1110. The van der Waals surface area contributed by atoms with Crippen LogP contribution in [0.4, 0.5) is 11.4 Å². The Labute approximate surface area is 185 Å². The summed E-state index contributed by atoms with van der Waals surface area (Å²) >= 11 is 0. The monoisotopic (exact) mass is 435 g/mol. The molecule has 32 heavy (non-hydrogen) atoms. The van der Waals surface area contributed by atoms with E-state index in [9.17, 15) is 15.0 Å². The molecule has 3 heterocycles. The zero-order valence-electron chi connectivity index (χ0n) is 17.8. The molecule has 0 bridgehead atoms. The molecule has 1 aliphatic heterocycles. The Morgan fingerprint density at radius 3 is 2.72 bits per heavy atom. The molecule has 0 spiro atoms. The molecule has 4 rings (SSSR count). The molecule has 0 unspecified atom stereocenters. The highest BCUT2D eigenvalue weighted by Crippen LogP contribution is 2.39. The summed E-state index contributed by atoms with van der Waals surface area (Å²) in [5.41, 5.74) is 6.59. The zero-order chi connectivity index (χ0) is 22.9. The molecule has 2 aromatic heterocycles. The van der Waals surface area contributed by atoms with Crippen LogP contribution in [0.3, 0.4) is 0 Å². The topological polar surface area (TPSA) is 143 Å². The Balaban J connectivity index is 1.61. The summed E-state index contributed by atoms with van der Waals surface area (Å²) in [6.45, 7) is 3.23. The first-order valence-corrected chi connectivity index (χ1v) is 10.3. The van der Waals surface area contributed by atoms with Crippen molar-refractivity contribution in [2.24, 2.45) is 0 Å². The fourth-order valence-corrected chi connectivity index (χ4v) is 3.62. The van der Waals surface area contributed by atoms with Gasteiger partial charge in [-0.2, -0.15) is 0 Å². The van der Waals surface area contributed by atoms with Gasteiger partial charge in [-0.25, -0.2) is 9.97 Å². The second-order valence-corrected chi connectivity index (χ2v) is 8.02. The van der Waals surface area contributed by atoms with Gasteiger partial charge in [-0.15, -0.1) is 0 Å². The number of aromatic nitrogens is 3. The predicted molar refractivity (Wildman–Crippen MR) is 119 cm³/mol. The first-order valence-electron chi connectivity index (χ1n) is 10.3. The van der Waals surface area contributed by atoms with Crippen LogP contribution in [-0.2, 0) is 4.74 Å². The molecule has 1 amide bonds. The summed E-state index contributed by atoms with van der Waals surface area (Å²) in [6.07, 6.45) is 2.50. The second-order valence-electron chi connectivity index (χ2n) is 8.02. The van der Waals surface area contributed by atoms with E-state index in [-0.39, 0.29) is 17.8 Å². The van der Waals surface area contributed by atoms with Crippen LogP contribution in [0.5, 0.6) is 0 Å². The lowest BCUT2D eigenvalue weighted by molar-refractivity contribution is -0.215. The fourth-order valence-electron chi connectivity index (χ4n) is 3.62. The average Bonchev–Trinajstić information content (AvgIpc) is 2.78.